The summed E-state index contributed by atoms with van der Waals surface area (Å²) in [6.07, 6.45) is 4.19. The van der Waals surface area contributed by atoms with Crippen molar-refractivity contribution in [2.24, 2.45) is 5.92 Å². The molecule has 0 unspecified atom stereocenters. The van der Waals surface area contributed by atoms with Gasteiger partial charge in [-0.3, -0.25) is 24.2 Å². The molecule has 4 N–H and O–H groups in total. The number of amides is 4. The summed E-state index contributed by atoms with van der Waals surface area (Å²) in [6, 6.07) is 17.7. The van der Waals surface area contributed by atoms with E-state index in [0.717, 1.165) is 16.7 Å². The van der Waals surface area contributed by atoms with Crippen molar-refractivity contribution < 1.29 is 23.9 Å². The van der Waals surface area contributed by atoms with E-state index in [2.05, 4.69) is 31.3 Å². The lowest BCUT2D eigenvalue weighted by molar-refractivity contribution is -0.133. The van der Waals surface area contributed by atoms with Gasteiger partial charge in [0.25, 0.3) is 0 Å². The molecule has 4 heterocycles. The van der Waals surface area contributed by atoms with Crippen LogP contribution < -0.4 is 26.0 Å². The molecule has 4 aromatic rings. The summed E-state index contributed by atoms with van der Waals surface area (Å²) in [6.45, 7) is 5.76. The number of rotatable bonds is 6. The number of nitrogens with one attached hydrogen (secondary N) is 4. The smallest absolute Gasteiger partial charge is 0.243 e. The summed E-state index contributed by atoms with van der Waals surface area (Å²) in [7, 11) is 0. The zero-order valence-electron chi connectivity index (χ0n) is 27.9. The lowest BCUT2D eigenvalue weighted by Crippen LogP contribution is -2.56. The van der Waals surface area contributed by atoms with Gasteiger partial charge in [0, 0.05) is 30.8 Å². The van der Waals surface area contributed by atoms with E-state index in [1.807, 2.05) is 68.4 Å². The van der Waals surface area contributed by atoms with E-state index >= 15 is 0 Å². The Balaban J connectivity index is 1.40. The van der Waals surface area contributed by atoms with Crippen molar-refractivity contribution in [2.75, 3.05) is 13.2 Å². The Bertz CT molecular complexity index is 1730. The van der Waals surface area contributed by atoms with Crippen LogP contribution in [0.1, 0.15) is 50.2 Å². The van der Waals surface area contributed by atoms with E-state index < -0.39 is 29.9 Å². The number of aromatic nitrogens is 4. The summed E-state index contributed by atoms with van der Waals surface area (Å²) in [5.74, 6) is -0.441. The number of hydrogen-bond acceptors (Lipinski definition) is 8. The van der Waals surface area contributed by atoms with Crippen LogP contribution in [0.25, 0.3) is 11.4 Å². The molecule has 13 nitrogen and oxygen atoms in total. The average Bonchev–Trinajstić information content (AvgIpc) is 3.52. The maximum absolute atomic E-state index is 13.8. The van der Waals surface area contributed by atoms with E-state index in [1.165, 1.54) is 4.68 Å². The minimum absolute atomic E-state index is 0.128. The van der Waals surface area contributed by atoms with Gasteiger partial charge < -0.3 is 26.0 Å². The number of pyridine rings is 1. The molecule has 0 radical (unpaired) electrons. The minimum atomic E-state index is -0.947. The lowest BCUT2D eigenvalue weighted by atomic mass is 10.0. The average molecular weight is 667 g/mol. The van der Waals surface area contributed by atoms with Gasteiger partial charge >= 0.3 is 0 Å². The first-order valence-corrected chi connectivity index (χ1v) is 16.4. The fourth-order valence-corrected chi connectivity index (χ4v) is 5.45. The summed E-state index contributed by atoms with van der Waals surface area (Å²) in [4.78, 5) is 62.4. The maximum Gasteiger partial charge on any atom is 0.243 e. The van der Waals surface area contributed by atoms with E-state index in [4.69, 9.17) is 9.72 Å². The summed E-state index contributed by atoms with van der Waals surface area (Å²) < 4.78 is 7.30. The van der Waals surface area contributed by atoms with Gasteiger partial charge in [-0.25, -0.2) is 9.67 Å². The predicted octanol–water partition coefficient (Wildman–Crippen LogP) is 2.53. The van der Waals surface area contributed by atoms with Crippen LogP contribution in [0, 0.1) is 5.92 Å². The fraction of sp³-hybridized carbons (Fsp3) is 0.361. The number of hydrogen-bond donors (Lipinski definition) is 4. The maximum atomic E-state index is 13.8. The summed E-state index contributed by atoms with van der Waals surface area (Å²) >= 11 is 0. The number of benzene rings is 2. The Hall–Kier alpha value is -5.59. The van der Waals surface area contributed by atoms with Crippen LogP contribution in [0.5, 0.6) is 5.75 Å². The third-order valence-corrected chi connectivity index (χ3v) is 8.09. The molecule has 0 spiro atoms. The minimum Gasteiger partial charge on any atom is -0.492 e. The molecule has 2 aliphatic rings. The molecular weight excluding hydrogens is 624 g/mol. The zero-order valence-corrected chi connectivity index (χ0v) is 27.9. The molecule has 256 valence electrons. The number of carbonyl (C=O) groups is 4. The van der Waals surface area contributed by atoms with Crippen LogP contribution in [0.2, 0.25) is 0 Å². The molecule has 0 aliphatic carbocycles. The van der Waals surface area contributed by atoms with E-state index in [0.29, 0.717) is 23.8 Å². The normalized spacial score (nSPS) is 19.2. The lowest BCUT2D eigenvalue weighted by Gasteiger charge is -2.27. The van der Waals surface area contributed by atoms with Crippen LogP contribution in [-0.4, -0.2) is 68.6 Å². The number of nitrogens with zero attached hydrogens (tertiary/aromatic N) is 4. The SMILES string of the molecule is CC(C)[C@H]1NC(=O)[C@@H](NC(=O)CCc2cccnc2)Cc2ccc(cc2)OCCNC(=O)Cn2nc(-c3ccccc3)nc2[C@H](C)NC1=O. The highest BCUT2D eigenvalue weighted by Gasteiger charge is 2.31. The van der Waals surface area contributed by atoms with E-state index in [9.17, 15) is 19.2 Å². The molecular formula is C36H42N8O5. The molecule has 13 heteroatoms. The Labute approximate surface area is 285 Å². The van der Waals surface area contributed by atoms with Crippen LogP contribution in [-0.2, 0) is 38.6 Å². The molecule has 0 fully saturated rings. The molecule has 2 aromatic heterocycles. The first-order valence-electron chi connectivity index (χ1n) is 16.4. The molecule has 0 saturated heterocycles. The Morgan fingerprint density at radius 2 is 1.78 bits per heavy atom. The third-order valence-electron chi connectivity index (χ3n) is 8.09. The molecule has 4 amide bonds. The topological polar surface area (TPSA) is 169 Å². The first kappa shape index (κ1) is 34.7. The second-order valence-electron chi connectivity index (χ2n) is 12.3. The van der Waals surface area contributed by atoms with Gasteiger partial charge in [0.05, 0.1) is 12.6 Å². The Kier molecular flexibility index (Phi) is 11.7. The van der Waals surface area contributed by atoms with Crippen LogP contribution >= 0.6 is 0 Å². The summed E-state index contributed by atoms with van der Waals surface area (Å²) in [5.41, 5.74) is 2.45. The van der Waals surface area contributed by atoms with Gasteiger partial charge in [-0.1, -0.05) is 62.4 Å². The quantitative estimate of drug-likeness (QED) is 0.243. The highest BCUT2D eigenvalue weighted by atomic mass is 16.5. The second-order valence-corrected chi connectivity index (χ2v) is 12.3. The highest BCUT2D eigenvalue weighted by Crippen LogP contribution is 2.20. The Morgan fingerprint density at radius 3 is 2.49 bits per heavy atom. The van der Waals surface area contributed by atoms with Crippen molar-refractivity contribution in [3.8, 4) is 17.1 Å². The zero-order chi connectivity index (χ0) is 34.8. The first-order chi connectivity index (χ1) is 23.7. The number of carbonyl (C=O) groups excluding carboxylic acids is 4. The van der Waals surface area contributed by atoms with Crippen molar-refractivity contribution in [1.82, 2.24) is 41.0 Å². The van der Waals surface area contributed by atoms with E-state index in [1.54, 1.807) is 31.5 Å². The number of aryl methyl sites for hydroxylation is 1. The van der Waals surface area contributed by atoms with Crippen molar-refractivity contribution in [3.05, 3.63) is 96.1 Å². The molecule has 3 atom stereocenters. The molecule has 49 heavy (non-hydrogen) atoms. The fourth-order valence-electron chi connectivity index (χ4n) is 5.45. The number of fused-ring (bicyclic) bond motifs is 14. The van der Waals surface area contributed by atoms with Crippen molar-refractivity contribution >= 4 is 23.6 Å². The standard InChI is InChI=1S/C36H42N8O5/c1-23(2)32-36(48)39-24(3)34-42-33(27-9-5-4-6-10-27)43-44(34)22-31(46)38-18-19-49-28-14-11-25(12-15-28)20-29(35(47)41-32)40-30(45)16-13-26-8-7-17-37-21-26/h4-12,14-15,17,21,23-24,29,32H,13,16,18-20,22H2,1-3H3,(H,38,46)(H,39,48)(H,40,45)(H,41,47)/t24-,29-,32+/m0/s1. The van der Waals surface area contributed by atoms with Crippen molar-refractivity contribution in [3.63, 3.8) is 0 Å². The second kappa shape index (κ2) is 16.5. The van der Waals surface area contributed by atoms with Gasteiger partial charge in [0.15, 0.2) is 5.82 Å². The van der Waals surface area contributed by atoms with Gasteiger partial charge in [-0.2, -0.15) is 5.10 Å². The highest BCUT2D eigenvalue weighted by molar-refractivity contribution is 5.92. The predicted molar refractivity (Wildman–Crippen MR) is 182 cm³/mol. The van der Waals surface area contributed by atoms with Gasteiger partial charge in [-0.05, 0) is 48.6 Å². The third kappa shape index (κ3) is 9.72. The molecule has 2 aliphatic heterocycles. The molecule has 0 saturated carbocycles. The van der Waals surface area contributed by atoms with Crippen molar-refractivity contribution in [1.29, 1.82) is 0 Å². The molecule has 2 bridgehead atoms. The number of ether oxygens (including phenoxy) is 1. The van der Waals surface area contributed by atoms with Gasteiger partial charge in [0.2, 0.25) is 23.6 Å². The van der Waals surface area contributed by atoms with Crippen LogP contribution in [0.4, 0.5) is 0 Å². The van der Waals surface area contributed by atoms with Crippen molar-refractivity contribution in [2.45, 2.75) is 64.7 Å². The molecule has 2 aromatic carbocycles. The van der Waals surface area contributed by atoms with Crippen LogP contribution in [0.3, 0.4) is 0 Å². The van der Waals surface area contributed by atoms with Crippen LogP contribution in [0.15, 0.2) is 79.1 Å². The Morgan fingerprint density at radius 1 is 1.00 bits per heavy atom. The van der Waals surface area contributed by atoms with Gasteiger partial charge in [0.1, 0.15) is 36.8 Å². The van der Waals surface area contributed by atoms with Gasteiger partial charge in [-0.15, -0.1) is 0 Å². The monoisotopic (exact) mass is 666 g/mol. The van der Waals surface area contributed by atoms with E-state index in [-0.39, 0.29) is 50.3 Å². The summed E-state index contributed by atoms with van der Waals surface area (Å²) in [5, 5.41) is 16.2. The molecule has 6 rings (SSSR count). The largest absolute Gasteiger partial charge is 0.492 e.